The maximum atomic E-state index is 12.5. The molecule has 2 fully saturated rings. The van der Waals surface area contributed by atoms with Gasteiger partial charge in [0.1, 0.15) is 0 Å². The van der Waals surface area contributed by atoms with Crippen molar-refractivity contribution in [2.45, 2.75) is 24.9 Å². The molecule has 110 valence electrons. The average Bonchev–Trinajstić information content (AvgIpc) is 2.69. The molecule has 5 nitrogen and oxygen atoms in total. The van der Waals surface area contributed by atoms with Gasteiger partial charge in [-0.3, -0.25) is 4.79 Å². The van der Waals surface area contributed by atoms with Crippen LogP contribution in [0.4, 0.5) is 0 Å². The number of amides is 1. The zero-order chi connectivity index (χ0) is 14.0. The summed E-state index contributed by atoms with van der Waals surface area (Å²) in [7, 11) is 5.99. The first-order chi connectivity index (χ1) is 8.89. The van der Waals surface area contributed by atoms with Gasteiger partial charge in [0.25, 0.3) is 0 Å². The maximum absolute atomic E-state index is 12.5. The molecule has 0 aliphatic carbocycles. The molecule has 2 aliphatic rings. The largest absolute Gasteiger partial charge is 0.387 e. The van der Waals surface area contributed by atoms with Crippen molar-refractivity contribution in [3.63, 3.8) is 0 Å². The number of nitrogens with zero attached hydrogens (tertiary/aromatic N) is 3. The van der Waals surface area contributed by atoms with E-state index in [2.05, 4.69) is 11.9 Å². The van der Waals surface area contributed by atoms with Gasteiger partial charge >= 0.3 is 0 Å². The minimum Gasteiger partial charge on any atom is -0.387 e. The molecule has 19 heavy (non-hydrogen) atoms. The fraction of sp³-hybridized carbons (Fsp3) is 0.929. The number of hydrogen-bond donors (Lipinski definition) is 1. The topological polar surface area (TPSA) is 47.0 Å². The lowest BCUT2D eigenvalue weighted by atomic mass is 9.97. The lowest BCUT2D eigenvalue weighted by Crippen LogP contribution is -2.46. The number of likely N-dealkylation sites (tertiary alicyclic amines) is 2. The highest BCUT2D eigenvalue weighted by Crippen LogP contribution is 2.25. The minimum absolute atomic E-state index is 0.125. The molecule has 2 saturated heterocycles. The monoisotopic (exact) mass is 269 g/mol. The summed E-state index contributed by atoms with van der Waals surface area (Å²) in [4.78, 5) is 18.6. The van der Waals surface area contributed by atoms with Gasteiger partial charge in [0.2, 0.25) is 5.91 Å². The van der Waals surface area contributed by atoms with Crippen LogP contribution < -0.4 is 0 Å². The van der Waals surface area contributed by atoms with Gasteiger partial charge in [-0.05, 0) is 47.0 Å². The predicted octanol–water partition coefficient (Wildman–Crippen LogP) is -0.147. The Bertz CT molecular complexity index is 335. The number of piperidine rings is 1. The Morgan fingerprint density at radius 1 is 1.42 bits per heavy atom. The summed E-state index contributed by atoms with van der Waals surface area (Å²) < 4.78 is 0. The van der Waals surface area contributed by atoms with Crippen molar-refractivity contribution in [1.29, 1.82) is 0 Å². The van der Waals surface area contributed by atoms with Crippen molar-refractivity contribution < 1.29 is 9.90 Å². The van der Waals surface area contributed by atoms with Crippen LogP contribution in [0.2, 0.25) is 0 Å². The van der Waals surface area contributed by atoms with Crippen molar-refractivity contribution in [3.05, 3.63) is 0 Å². The van der Waals surface area contributed by atoms with E-state index >= 15 is 0 Å². The molecule has 0 aromatic heterocycles. The SMILES string of the molecule is CN(C)C[C@@]1(O)CCN(C(=O)[C@@H]2CCCN(C)C2)C1. The third kappa shape index (κ3) is 3.68. The Morgan fingerprint density at radius 3 is 2.79 bits per heavy atom. The van der Waals surface area contributed by atoms with Crippen LogP contribution >= 0.6 is 0 Å². The summed E-state index contributed by atoms with van der Waals surface area (Å²) in [5.74, 6) is 0.363. The van der Waals surface area contributed by atoms with Crippen LogP contribution in [-0.4, -0.2) is 85.2 Å². The predicted molar refractivity (Wildman–Crippen MR) is 74.9 cm³/mol. The molecule has 0 bridgehead atoms. The normalized spacial score (nSPS) is 33.1. The summed E-state index contributed by atoms with van der Waals surface area (Å²) in [6.07, 6.45) is 2.79. The lowest BCUT2D eigenvalue weighted by molar-refractivity contribution is -0.137. The first-order valence-corrected chi connectivity index (χ1v) is 7.24. The van der Waals surface area contributed by atoms with Gasteiger partial charge in [-0.2, -0.15) is 0 Å². The first-order valence-electron chi connectivity index (χ1n) is 7.24. The molecule has 0 aromatic rings. The average molecular weight is 269 g/mol. The van der Waals surface area contributed by atoms with Crippen molar-refractivity contribution >= 4 is 5.91 Å². The number of rotatable bonds is 3. The summed E-state index contributed by atoms with van der Waals surface area (Å²) >= 11 is 0. The van der Waals surface area contributed by atoms with E-state index < -0.39 is 5.60 Å². The molecule has 2 atom stereocenters. The van der Waals surface area contributed by atoms with Crippen LogP contribution in [0, 0.1) is 5.92 Å². The van der Waals surface area contributed by atoms with Crippen LogP contribution in [0.15, 0.2) is 0 Å². The van der Waals surface area contributed by atoms with E-state index in [0.717, 1.165) is 25.9 Å². The molecule has 5 heteroatoms. The molecular formula is C14H27N3O2. The second-order valence-electron chi connectivity index (χ2n) is 6.57. The van der Waals surface area contributed by atoms with Crippen LogP contribution in [0.25, 0.3) is 0 Å². The molecule has 2 aliphatic heterocycles. The second-order valence-corrected chi connectivity index (χ2v) is 6.57. The van der Waals surface area contributed by atoms with E-state index in [4.69, 9.17) is 0 Å². The smallest absolute Gasteiger partial charge is 0.227 e. The zero-order valence-electron chi connectivity index (χ0n) is 12.4. The molecule has 0 aromatic carbocycles. The van der Waals surface area contributed by atoms with Gasteiger partial charge in [-0.1, -0.05) is 0 Å². The number of carbonyl (C=O) groups is 1. The third-order valence-corrected chi connectivity index (χ3v) is 4.23. The van der Waals surface area contributed by atoms with Gasteiger partial charge in [0.15, 0.2) is 0 Å². The van der Waals surface area contributed by atoms with E-state index in [1.807, 2.05) is 23.9 Å². The van der Waals surface area contributed by atoms with Gasteiger partial charge in [0, 0.05) is 19.6 Å². The first kappa shape index (κ1) is 14.8. The quantitative estimate of drug-likeness (QED) is 0.774. The summed E-state index contributed by atoms with van der Waals surface area (Å²) in [6, 6.07) is 0. The van der Waals surface area contributed by atoms with Crippen LogP contribution in [0.5, 0.6) is 0 Å². The Kier molecular flexibility index (Phi) is 4.48. The Morgan fingerprint density at radius 2 is 2.16 bits per heavy atom. The van der Waals surface area contributed by atoms with E-state index in [-0.39, 0.29) is 11.8 Å². The molecule has 1 N–H and O–H groups in total. The molecular weight excluding hydrogens is 242 g/mol. The highest BCUT2D eigenvalue weighted by Gasteiger charge is 2.40. The number of likely N-dealkylation sites (N-methyl/N-ethyl adjacent to an activating group) is 1. The van der Waals surface area contributed by atoms with E-state index in [1.165, 1.54) is 0 Å². The van der Waals surface area contributed by atoms with Gasteiger partial charge in [-0.15, -0.1) is 0 Å². The van der Waals surface area contributed by atoms with Gasteiger partial charge in [-0.25, -0.2) is 0 Å². The molecule has 2 rings (SSSR count). The second kappa shape index (κ2) is 5.77. The Labute approximate surface area is 116 Å². The number of hydrogen-bond acceptors (Lipinski definition) is 4. The summed E-state index contributed by atoms with van der Waals surface area (Å²) in [6.45, 7) is 3.77. The van der Waals surface area contributed by atoms with E-state index in [1.54, 1.807) is 0 Å². The van der Waals surface area contributed by atoms with Crippen molar-refractivity contribution in [2.75, 3.05) is 53.9 Å². The van der Waals surface area contributed by atoms with Crippen LogP contribution in [-0.2, 0) is 4.79 Å². The summed E-state index contributed by atoms with van der Waals surface area (Å²) in [5.41, 5.74) is -0.722. The zero-order valence-corrected chi connectivity index (χ0v) is 12.4. The molecule has 0 unspecified atom stereocenters. The van der Waals surface area contributed by atoms with Crippen LogP contribution in [0.1, 0.15) is 19.3 Å². The van der Waals surface area contributed by atoms with Crippen molar-refractivity contribution in [1.82, 2.24) is 14.7 Å². The Hall–Kier alpha value is -0.650. The maximum Gasteiger partial charge on any atom is 0.227 e. The van der Waals surface area contributed by atoms with Crippen molar-refractivity contribution in [2.24, 2.45) is 5.92 Å². The lowest BCUT2D eigenvalue weighted by Gasteiger charge is -2.32. The van der Waals surface area contributed by atoms with Crippen LogP contribution in [0.3, 0.4) is 0 Å². The fourth-order valence-corrected chi connectivity index (χ4v) is 3.39. The number of carbonyl (C=O) groups excluding carboxylic acids is 1. The molecule has 0 spiro atoms. The third-order valence-electron chi connectivity index (χ3n) is 4.23. The highest BCUT2D eigenvalue weighted by molar-refractivity contribution is 5.79. The number of β-amino-alcohol motifs (C(OH)–C–C–N with tert-alkyl or cyclic N) is 1. The minimum atomic E-state index is -0.722. The van der Waals surface area contributed by atoms with Gasteiger partial charge in [0.05, 0.1) is 18.1 Å². The number of aliphatic hydroxyl groups is 1. The van der Waals surface area contributed by atoms with Gasteiger partial charge < -0.3 is 19.8 Å². The fourth-order valence-electron chi connectivity index (χ4n) is 3.39. The molecule has 2 heterocycles. The molecule has 1 amide bonds. The van der Waals surface area contributed by atoms with E-state index in [9.17, 15) is 9.90 Å². The van der Waals surface area contributed by atoms with Crippen molar-refractivity contribution in [3.8, 4) is 0 Å². The molecule has 0 saturated carbocycles. The highest BCUT2D eigenvalue weighted by atomic mass is 16.3. The summed E-state index contributed by atoms with van der Waals surface area (Å²) in [5, 5.41) is 10.5. The standard InChI is InChI=1S/C14H27N3O2/c1-15(2)10-14(19)6-8-17(11-14)13(18)12-5-4-7-16(3)9-12/h12,19H,4-11H2,1-3H3/t12-,14+/m1/s1. The Balaban J connectivity index is 1.91. The molecule has 0 radical (unpaired) electrons. The van der Waals surface area contributed by atoms with E-state index in [0.29, 0.717) is 26.1 Å².